The van der Waals surface area contributed by atoms with E-state index in [0.717, 1.165) is 21.3 Å². The quantitative estimate of drug-likeness (QED) is 0.475. The molecule has 0 aromatic heterocycles. The molecule has 0 radical (unpaired) electrons. The van der Waals surface area contributed by atoms with Gasteiger partial charge in [0.1, 0.15) is 6.61 Å². The highest BCUT2D eigenvalue weighted by molar-refractivity contribution is 9.10. The Morgan fingerprint density at radius 2 is 1.73 bits per heavy atom. The summed E-state index contributed by atoms with van der Waals surface area (Å²) in [6.45, 7) is 1.06. The molecular formula is C21H19BrClNO2. The number of ether oxygens (including phenoxy) is 2. The fourth-order valence-corrected chi connectivity index (χ4v) is 3.34. The van der Waals surface area contributed by atoms with Gasteiger partial charge in [0.05, 0.1) is 11.6 Å². The molecular weight excluding hydrogens is 414 g/mol. The summed E-state index contributed by atoms with van der Waals surface area (Å²) >= 11 is 9.79. The van der Waals surface area contributed by atoms with Crippen LogP contribution in [0.4, 0.5) is 5.69 Å². The van der Waals surface area contributed by atoms with Gasteiger partial charge in [-0.25, -0.2) is 0 Å². The molecule has 3 aromatic rings. The van der Waals surface area contributed by atoms with Crippen LogP contribution in [0.3, 0.4) is 0 Å². The number of hydrogen-bond donors (Lipinski definition) is 1. The van der Waals surface area contributed by atoms with Gasteiger partial charge in [0, 0.05) is 22.8 Å². The van der Waals surface area contributed by atoms with Crippen LogP contribution in [-0.4, -0.2) is 7.11 Å². The summed E-state index contributed by atoms with van der Waals surface area (Å²) in [4.78, 5) is 0. The van der Waals surface area contributed by atoms with Gasteiger partial charge in [-0.2, -0.15) is 0 Å². The lowest BCUT2D eigenvalue weighted by molar-refractivity contribution is 0.282. The smallest absolute Gasteiger partial charge is 0.175 e. The molecule has 0 saturated heterocycles. The Kier molecular flexibility index (Phi) is 6.42. The molecule has 3 nitrogen and oxygen atoms in total. The van der Waals surface area contributed by atoms with Crippen molar-refractivity contribution in [3.8, 4) is 11.5 Å². The Labute approximate surface area is 167 Å². The first-order valence-electron chi connectivity index (χ1n) is 8.19. The predicted octanol–water partition coefficient (Wildman–Crippen LogP) is 6.30. The molecule has 3 rings (SSSR count). The van der Waals surface area contributed by atoms with Crippen LogP contribution in [0.2, 0.25) is 5.02 Å². The maximum Gasteiger partial charge on any atom is 0.175 e. The van der Waals surface area contributed by atoms with Gasteiger partial charge in [0.25, 0.3) is 0 Å². The molecule has 0 bridgehead atoms. The monoisotopic (exact) mass is 431 g/mol. The molecule has 0 aliphatic carbocycles. The van der Waals surface area contributed by atoms with E-state index in [1.807, 2.05) is 66.7 Å². The summed E-state index contributed by atoms with van der Waals surface area (Å²) < 4.78 is 12.3. The van der Waals surface area contributed by atoms with Crippen LogP contribution < -0.4 is 14.8 Å². The molecule has 0 fully saturated rings. The average molecular weight is 433 g/mol. The van der Waals surface area contributed by atoms with Crippen molar-refractivity contribution in [3.63, 3.8) is 0 Å². The van der Waals surface area contributed by atoms with Crippen LogP contribution in [0.15, 0.2) is 71.2 Å². The highest BCUT2D eigenvalue weighted by atomic mass is 79.9. The van der Waals surface area contributed by atoms with Crippen molar-refractivity contribution < 1.29 is 9.47 Å². The van der Waals surface area contributed by atoms with Crippen LogP contribution in [0.25, 0.3) is 0 Å². The molecule has 0 spiro atoms. The van der Waals surface area contributed by atoms with Crippen LogP contribution in [0.1, 0.15) is 11.1 Å². The van der Waals surface area contributed by atoms with Crippen molar-refractivity contribution in [2.75, 3.05) is 12.4 Å². The zero-order valence-corrected chi connectivity index (χ0v) is 16.7. The highest BCUT2D eigenvalue weighted by Crippen LogP contribution is 2.37. The van der Waals surface area contributed by atoms with Crippen molar-refractivity contribution in [2.45, 2.75) is 13.2 Å². The summed E-state index contributed by atoms with van der Waals surface area (Å²) in [5.41, 5.74) is 3.09. The van der Waals surface area contributed by atoms with Crippen molar-refractivity contribution in [2.24, 2.45) is 0 Å². The maximum absolute atomic E-state index is 6.20. The van der Waals surface area contributed by atoms with Crippen molar-refractivity contribution >= 4 is 33.2 Å². The van der Waals surface area contributed by atoms with Gasteiger partial charge in [-0.05, 0) is 51.8 Å². The number of halogens is 2. The first kappa shape index (κ1) is 18.6. The minimum absolute atomic E-state index is 0.371. The molecule has 5 heteroatoms. The molecule has 0 saturated carbocycles. The highest BCUT2D eigenvalue weighted by Gasteiger charge is 2.13. The van der Waals surface area contributed by atoms with Crippen molar-refractivity contribution in [1.82, 2.24) is 0 Å². The van der Waals surface area contributed by atoms with Gasteiger partial charge in [-0.15, -0.1) is 0 Å². The molecule has 26 heavy (non-hydrogen) atoms. The number of rotatable bonds is 7. The summed E-state index contributed by atoms with van der Waals surface area (Å²) in [5, 5.41) is 4.08. The zero-order valence-electron chi connectivity index (χ0n) is 14.3. The van der Waals surface area contributed by atoms with Crippen molar-refractivity contribution in [1.29, 1.82) is 0 Å². The largest absolute Gasteiger partial charge is 0.493 e. The number of methoxy groups -OCH3 is 1. The van der Waals surface area contributed by atoms with E-state index in [9.17, 15) is 0 Å². The third kappa shape index (κ3) is 4.71. The number of nitrogens with one attached hydrogen (secondary N) is 1. The Hall–Kier alpha value is -2.17. The van der Waals surface area contributed by atoms with Crippen molar-refractivity contribution in [3.05, 3.63) is 87.4 Å². The Bertz CT molecular complexity index is 871. The number of para-hydroxylation sites is 1. The summed E-state index contributed by atoms with van der Waals surface area (Å²) in [6.07, 6.45) is 0. The van der Waals surface area contributed by atoms with Crippen LogP contribution in [-0.2, 0) is 13.2 Å². The van der Waals surface area contributed by atoms with E-state index in [4.69, 9.17) is 21.1 Å². The standard InChI is InChI=1S/C21H19BrClNO2/c1-25-20-12-15(13-24-17-8-3-2-4-9-17)11-18(22)21(20)26-14-16-7-5-6-10-19(16)23/h2-12,24H,13-14H2,1H3. The molecule has 0 atom stereocenters. The Morgan fingerprint density at radius 1 is 1.00 bits per heavy atom. The molecule has 134 valence electrons. The second kappa shape index (κ2) is 8.97. The fourth-order valence-electron chi connectivity index (χ4n) is 2.54. The second-order valence-electron chi connectivity index (χ2n) is 5.71. The SMILES string of the molecule is COc1cc(CNc2ccccc2)cc(Br)c1OCc1ccccc1Cl. The molecule has 0 amide bonds. The molecule has 0 aliphatic heterocycles. The van der Waals surface area contributed by atoms with E-state index in [1.165, 1.54) is 0 Å². The van der Waals surface area contributed by atoms with Crippen LogP contribution in [0.5, 0.6) is 11.5 Å². The van der Waals surface area contributed by atoms with Gasteiger partial charge in [-0.1, -0.05) is 48.0 Å². The van der Waals surface area contributed by atoms with E-state index >= 15 is 0 Å². The first-order chi connectivity index (χ1) is 12.7. The predicted molar refractivity (Wildman–Crippen MR) is 110 cm³/mol. The third-order valence-electron chi connectivity index (χ3n) is 3.89. The van der Waals surface area contributed by atoms with Gasteiger partial charge >= 0.3 is 0 Å². The van der Waals surface area contributed by atoms with Gasteiger partial charge in [0.15, 0.2) is 11.5 Å². The van der Waals surface area contributed by atoms with Crippen LogP contribution >= 0.6 is 27.5 Å². The van der Waals surface area contributed by atoms with E-state index in [1.54, 1.807) is 7.11 Å². The second-order valence-corrected chi connectivity index (χ2v) is 6.97. The lowest BCUT2D eigenvalue weighted by atomic mass is 10.2. The summed E-state index contributed by atoms with van der Waals surface area (Å²) in [7, 11) is 1.64. The number of hydrogen-bond acceptors (Lipinski definition) is 3. The maximum atomic E-state index is 6.20. The normalized spacial score (nSPS) is 10.4. The minimum atomic E-state index is 0.371. The average Bonchev–Trinajstić information content (AvgIpc) is 2.67. The molecule has 1 N–H and O–H groups in total. The summed E-state index contributed by atoms with van der Waals surface area (Å²) in [6, 6.07) is 21.7. The van der Waals surface area contributed by atoms with Gasteiger partial charge in [0.2, 0.25) is 0 Å². The Balaban J connectivity index is 1.73. The number of benzene rings is 3. The fraction of sp³-hybridized carbons (Fsp3) is 0.143. The van der Waals surface area contributed by atoms with Gasteiger partial charge < -0.3 is 14.8 Å². The topological polar surface area (TPSA) is 30.5 Å². The summed E-state index contributed by atoms with van der Waals surface area (Å²) in [5.74, 6) is 1.34. The molecule has 3 aromatic carbocycles. The zero-order chi connectivity index (χ0) is 18.4. The lowest BCUT2D eigenvalue weighted by Crippen LogP contribution is -2.03. The number of anilines is 1. The van der Waals surface area contributed by atoms with E-state index in [0.29, 0.717) is 29.7 Å². The first-order valence-corrected chi connectivity index (χ1v) is 9.36. The molecule has 0 aliphatic rings. The van der Waals surface area contributed by atoms with Crippen LogP contribution in [0, 0.1) is 0 Å². The van der Waals surface area contributed by atoms with E-state index in [-0.39, 0.29) is 0 Å². The van der Waals surface area contributed by atoms with Gasteiger partial charge in [-0.3, -0.25) is 0 Å². The molecule has 0 unspecified atom stereocenters. The lowest BCUT2D eigenvalue weighted by Gasteiger charge is -2.15. The minimum Gasteiger partial charge on any atom is -0.493 e. The van der Waals surface area contributed by atoms with E-state index in [2.05, 4.69) is 21.2 Å². The third-order valence-corrected chi connectivity index (χ3v) is 4.85. The molecule has 0 heterocycles. The van der Waals surface area contributed by atoms with E-state index < -0.39 is 0 Å². The Morgan fingerprint density at radius 3 is 2.46 bits per heavy atom.